The van der Waals surface area contributed by atoms with E-state index in [1.165, 1.54) is 16.7 Å². The number of amides is 2. The average molecular weight is 477 g/mol. The minimum absolute atomic E-state index is 0.0117. The second kappa shape index (κ2) is 9.84. The Bertz CT molecular complexity index is 964. The summed E-state index contributed by atoms with van der Waals surface area (Å²) in [5.41, 5.74) is 19.3. The summed E-state index contributed by atoms with van der Waals surface area (Å²) in [6.45, 7) is 5.44. The molecule has 0 aliphatic carbocycles. The van der Waals surface area contributed by atoms with Gasteiger partial charge in [-0.15, -0.1) is 11.8 Å². The molecule has 2 aliphatic rings. The van der Waals surface area contributed by atoms with Crippen LogP contribution in [0.1, 0.15) is 56.8 Å². The predicted molar refractivity (Wildman–Crippen MR) is 125 cm³/mol. The number of fused-ring (bicyclic) bond motifs is 1. The Labute approximate surface area is 197 Å². The number of carboxylic acid groups (broad SMARTS) is 1. The first kappa shape index (κ1) is 25.2. The van der Waals surface area contributed by atoms with Crippen molar-refractivity contribution in [2.24, 2.45) is 29.0 Å². The lowest BCUT2D eigenvalue weighted by Crippen LogP contribution is -2.63. The Hall–Kier alpha value is -2.40. The summed E-state index contributed by atoms with van der Waals surface area (Å²) in [7, 11) is 0. The van der Waals surface area contributed by atoms with Crippen LogP contribution in [-0.2, 0) is 14.4 Å². The van der Waals surface area contributed by atoms with Crippen LogP contribution in [-0.4, -0.2) is 50.3 Å². The molecule has 2 amide bonds. The number of rotatable bonds is 10. The molecule has 8 N–H and O–H groups in total. The molecule has 0 aromatic heterocycles. The maximum Gasteiger partial charge on any atom is 0.353 e. The standard InChI is InChI=1S/C23H32N4O5S/c1-10(8-15(24)13-4-6-14(7-5-13)16(25)9-17(26)29)33-21-11(2)19-18(12(3)28)22(30)27(19)20(21)23(31)32/h4-7,10-12,15-16,18-19,28H,8-9,24-25H2,1-3H3,(H2,26,29)(H,31,32)/t10-,11-,12-,15-,16+,18-,19-/m1/s1. The van der Waals surface area contributed by atoms with E-state index in [0.717, 1.165) is 11.1 Å². The predicted octanol–water partition coefficient (Wildman–Crippen LogP) is 1.23. The number of primary amides is 1. The molecular formula is C23H32N4O5S. The summed E-state index contributed by atoms with van der Waals surface area (Å²) in [6.07, 6.45) is -0.182. The SMILES string of the molecule is C[C@H](C[C@@H](N)c1ccc([C@@H](N)CC(N)=O)cc1)SC1=C(C(=O)O)N2C(=O)[C@H]([C@@H](C)O)[C@H]2[C@H]1C. The molecule has 1 aromatic rings. The summed E-state index contributed by atoms with van der Waals surface area (Å²) in [5.74, 6) is -2.69. The molecule has 3 rings (SSSR count). The molecule has 7 atom stereocenters. The van der Waals surface area contributed by atoms with Crippen LogP contribution in [0.25, 0.3) is 0 Å². The number of nitrogens with two attached hydrogens (primary N) is 3. The van der Waals surface area contributed by atoms with Gasteiger partial charge in [-0.2, -0.15) is 0 Å². The third kappa shape index (κ3) is 4.93. The number of benzene rings is 1. The summed E-state index contributed by atoms with van der Waals surface area (Å²) >= 11 is 1.42. The molecule has 33 heavy (non-hydrogen) atoms. The maximum absolute atomic E-state index is 12.5. The van der Waals surface area contributed by atoms with E-state index in [1.54, 1.807) is 6.92 Å². The molecule has 0 radical (unpaired) electrons. The zero-order chi connectivity index (χ0) is 24.6. The van der Waals surface area contributed by atoms with Gasteiger partial charge in [0, 0.05) is 34.6 Å². The van der Waals surface area contributed by atoms with Gasteiger partial charge in [0.25, 0.3) is 0 Å². The van der Waals surface area contributed by atoms with Crippen molar-refractivity contribution in [1.82, 2.24) is 4.90 Å². The molecular weight excluding hydrogens is 444 g/mol. The Morgan fingerprint density at radius 1 is 1.12 bits per heavy atom. The van der Waals surface area contributed by atoms with Crippen LogP contribution in [0, 0.1) is 11.8 Å². The van der Waals surface area contributed by atoms with E-state index in [4.69, 9.17) is 17.2 Å². The van der Waals surface area contributed by atoms with Gasteiger partial charge >= 0.3 is 5.97 Å². The highest BCUT2D eigenvalue weighted by Crippen LogP contribution is 2.51. The Kier molecular flexibility index (Phi) is 7.52. The van der Waals surface area contributed by atoms with Gasteiger partial charge < -0.3 is 32.3 Å². The molecule has 2 heterocycles. The van der Waals surface area contributed by atoms with Crippen molar-refractivity contribution < 1.29 is 24.6 Å². The van der Waals surface area contributed by atoms with Gasteiger partial charge in [0.15, 0.2) is 0 Å². The maximum atomic E-state index is 12.5. The van der Waals surface area contributed by atoms with Crippen molar-refractivity contribution in [3.8, 4) is 0 Å². The van der Waals surface area contributed by atoms with E-state index in [9.17, 15) is 24.6 Å². The van der Waals surface area contributed by atoms with Gasteiger partial charge in [-0.1, -0.05) is 38.1 Å². The van der Waals surface area contributed by atoms with Gasteiger partial charge in [0.1, 0.15) is 5.70 Å². The molecule has 180 valence electrons. The number of β-lactam (4-membered cyclic amide) rings is 1. The van der Waals surface area contributed by atoms with Gasteiger partial charge in [-0.3, -0.25) is 9.59 Å². The van der Waals surface area contributed by atoms with Gasteiger partial charge in [-0.05, 0) is 24.5 Å². The molecule has 1 fully saturated rings. The van der Waals surface area contributed by atoms with Crippen molar-refractivity contribution in [2.45, 2.75) is 63.1 Å². The zero-order valence-electron chi connectivity index (χ0n) is 19.0. The number of nitrogens with zero attached hydrogens (tertiary/aromatic N) is 1. The quantitative estimate of drug-likeness (QED) is 0.313. The molecule has 0 saturated carbocycles. The fraction of sp³-hybridized carbons (Fsp3) is 0.522. The van der Waals surface area contributed by atoms with Crippen LogP contribution in [0.2, 0.25) is 0 Å². The number of hydrogen-bond acceptors (Lipinski definition) is 7. The second-order valence-electron chi connectivity index (χ2n) is 8.99. The second-order valence-corrected chi connectivity index (χ2v) is 10.5. The lowest BCUT2D eigenvalue weighted by molar-refractivity contribution is -0.163. The van der Waals surface area contributed by atoms with E-state index >= 15 is 0 Å². The summed E-state index contributed by atoms with van der Waals surface area (Å²) < 4.78 is 0. The zero-order valence-corrected chi connectivity index (χ0v) is 19.8. The van der Waals surface area contributed by atoms with Gasteiger partial charge in [0.05, 0.1) is 18.1 Å². The number of hydrogen-bond donors (Lipinski definition) is 5. The Balaban J connectivity index is 1.68. The molecule has 2 aliphatic heterocycles. The normalized spacial score (nSPS) is 25.8. The summed E-state index contributed by atoms with van der Waals surface area (Å²) in [6, 6.07) is 6.32. The first-order chi connectivity index (χ1) is 15.4. The Morgan fingerprint density at radius 3 is 2.15 bits per heavy atom. The lowest BCUT2D eigenvalue weighted by atomic mass is 9.79. The molecule has 9 nitrogen and oxygen atoms in total. The fourth-order valence-corrected chi connectivity index (χ4v) is 6.15. The van der Waals surface area contributed by atoms with Crippen LogP contribution in [0.3, 0.4) is 0 Å². The molecule has 10 heteroatoms. The molecule has 1 saturated heterocycles. The van der Waals surface area contributed by atoms with Crippen molar-refractivity contribution in [3.63, 3.8) is 0 Å². The summed E-state index contributed by atoms with van der Waals surface area (Å²) in [4.78, 5) is 37.5. The van der Waals surface area contributed by atoms with Crippen LogP contribution in [0.5, 0.6) is 0 Å². The van der Waals surface area contributed by atoms with Crippen molar-refractivity contribution in [1.29, 1.82) is 0 Å². The van der Waals surface area contributed by atoms with Crippen LogP contribution in [0.4, 0.5) is 0 Å². The van der Waals surface area contributed by atoms with Crippen LogP contribution >= 0.6 is 11.8 Å². The first-order valence-corrected chi connectivity index (χ1v) is 11.9. The van der Waals surface area contributed by atoms with Gasteiger partial charge in [0.2, 0.25) is 11.8 Å². The molecule has 0 spiro atoms. The van der Waals surface area contributed by atoms with E-state index in [1.807, 2.05) is 38.1 Å². The number of carbonyl (C=O) groups excluding carboxylic acids is 2. The molecule has 0 unspecified atom stereocenters. The van der Waals surface area contributed by atoms with Crippen LogP contribution in [0.15, 0.2) is 34.9 Å². The number of aliphatic hydroxyl groups is 1. The number of aliphatic hydroxyl groups excluding tert-OH is 1. The highest BCUT2D eigenvalue weighted by molar-refractivity contribution is 8.03. The van der Waals surface area contributed by atoms with Crippen molar-refractivity contribution in [2.75, 3.05) is 0 Å². The summed E-state index contributed by atoms with van der Waals surface area (Å²) in [5, 5.41) is 19.7. The van der Waals surface area contributed by atoms with Crippen molar-refractivity contribution >= 4 is 29.5 Å². The van der Waals surface area contributed by atoms with E-state index in [2.05, 4.69) is 0 Å². The minimum Gasteiger partial charge on any atom is -0.477 e. The number of carbonyl (C=O) groups is 3. The average Bonchev–Trinajstić information content (AvgIpc) is 2.95. The van der Waals surface area contributed by atoms with Gasteiger partial charge in [-0.25, -0.2) is 4.79 Å². The fourth-order valence-electron chi connectivity index (χ4n) is 4.76. The highest BCUT2D eigenvalue weighted by Gasteiger charge is 2.60. The monoisotopic (exact) mass is 476 g/mol. The minimum atomic E-state index is -1.14. The highest BCUT2D eigenvalue weighted by atomic mass is 32.2. The number of thioether (sulfide) groups is 1. The first-order valence-electron chi connectivity index (χ1n) is 11.0. The largest absolute Gasteiger partial charge is 0.477 e. The molecule has 0 bridgehead atoms. The third-order valence-electron chi connectivity index (χ3n) is 6.44. The number of carboxylic acids is 1. The van der Waals surface area contributed by atoms with E-state index in [-0.39, 0.29) is 41.3 Å². The smallest absolute Gasteiger partial charge is 0.353 e. The third-order valence-corrected chi connectivity index (χ3v) is 7.85. The topological polar surface area (TPSA) is 173 Å². The Morgan fingerprint density at radius 2 is 1.67 bits per heavy atom. The van der Waals surface area contributed by atoms with Crippen molar-refractivity contribution in [3.05, 3.63) is 46.0 Å². The van der Waals surface area contributed by atoms with E-state index < -0.39 is 29.9 Å². The van der Waals surface area contributed by atoms with Crippen LogP contribution < -0.4 is 17.2 Å². The molecule has 1 aromatic carbocycles. The number of aliphatic carboxylic acids is 1. The lowest BCUT2D eigenvalue weighted by Gasteiger charge is -2.46. The van der Waals surface area contributed by atoms with E-state index in [0.29, 0.717) is 11.3 Å².